The van der Waals surface area contributed by atoms with Crippen LogP contribution >= 0.6 is 0 Å². The van der Waals surface area contributed by atoms with Gasteiger partial charge >= 0.3 is 6.09 Å². The Bertz CT molecular complexity index is 1460. The van der Waals surface area contributed by atoms with Gasteiger partial charge in [-0.1, -0.05) is 36.4 Å². The fourth-order valence-electron chi connectivity index (χ4n) is 5.87. The Labute approximate surface area is 213 Å². The number of hydrogen-bond acceptors (Lipinski definition) is 7. The van der Waals surface area contributed by atoms with Crippen LogP contribution in [-0.2, 0) is 13.0 Å². The Kier molecular flexibility index (Phi) is 5.58. The van der Waals surface area contributed by atoms with Gasteiger partial charge in [-0.15, -0.1) is 5.10 Å². The van der Waals surface area contributed by atoms with Crippen LogP contribution in [0.15, 0.2) is 54.7 Å². The van der Waals surface area contributed by atoms with Gasteiger partial charge in [-0.25, -0.2) is 19.4 Å². The summed E-state index contributed by atoms with van der Waals surface area (Å²) in [5.74, 6) is 1.34. The summed E-state index contributed by atoms with van der Waals surface area (Å²) in [5, 5.41) is 27.0. The smallest absolute Gasteiger partial charge is 0.405 e. The molecule has 10 heteroatoms. The van der Waals surface area contributed by atoms with Crippen LogP contribution in [0.5, 0.6) is 11.6 Å². The summed E-state index contributed by atoms with van der Waals surface area (Å²) in [5.41, 5.74) is 4.01. The molecule has 1 fully saturated rings. The molecule has 4 aromatic rings. The maximum absolute atomic E-state index is 11.6. The van der Waals surface area contributed by atoms with Crippen LogP contribution < -0.4 is 15.0 Å². The molecule has 3 N–H and O–H groups in total. The van der Waals surface area contributed by atoms with E-state index < -0.39 is 6.09 Å². The van der Waals surface area contributed by atoms with Crippen LogP contribution in [-0.4, -0.2) is 56.3 Å². The lowest BCUT2D eigenvalue weighted by Gasteiger charge is -2.43. The van der Waals surface area contributed by atoms with Crippen LogP contribution in [0.4, 0.5) is 10.6 Å². The van der Waals surface area contributed by atoms with Gasteiger partial charge in [0.1, 0.15) is 11.6 Å². The highest BCUT2D eigenvalue weighted by molar-refractivity contribution is 5.77. The zero-order valence-electron chi connectivity index (χ0n) is 20.5. The van der Waals surface area contributed by atoms with Crippen LogP contribution in [0, 0.1) is 5.41 Å². The average molecular weight is 501 g/mol. The van der Waals surface area contributed by atoms with E-state index in [0.29, 0.717) is 17.7 Å². The summed E-state index contributed by atoms with van der Waals surface area (Å²) in [7, 11) is 1.63. The Morgan fingerprint density at radius 1 is 1.16 bits per heavy atom. The van der Waals surface area contributed by atoms with E-state index in [-0.39, 0.29) is 17.3 Å². The molecule has 2 aliphatic rings. The molecule has 1 amide bonds. The molecule has 0 saturated carbocycles. The molecule has 6 rings (SSSR count). The SMILES string of the molecule is COc1ccc(Cn2nc(O)c3ncc(N4CCC5(CC4)Cc4ccccc4[C@H]5NC(=O)O)nc32)cc1. The fourth-order valence-corrected chi connectivity index (χ4v) is 5.87. The molecule has 1 atom stereocenters. The van der Waals surface area contributed by atoms with E-state index in [1.807, 2.05) is 42.5 Å². The maximum Gasteiger partial charge on any atom is 0.405 e. The third-order valence-electron chi connectivity index (χ3n) is 7.78. The van der Waals surface area contributed by atoms with Gasteiger partial charge in [-0.3, -0.25) is 0 Å². The highest BCUT2D eigenvalue weighted by atomic mass is 16.5. The van der Waals surface area contributed by atoms with Crippen molar-refractivity contribution < 1.29 is 19.7 Å². The number of ether oxygens (including phenoxy) is 1. The van der Waals surface area contributed by atoms with Crippen LogP contribution in [0.3, 0.4) is 0 Å². The third kappa shape index (κ3) is 4.08. The molecule has 2 aromatic carbocycles. The first-order valence-electron chi connectivity index (χ1n) is 12.3. The maximum atomic E-state index is 11.6. The predicted molar refractivity (Wildman–Crippen MR) is 137 cm³/mol. The van der Waals surface area contributed by atoms with E-state index in [1.54, 1.807) is 18.0 Å². The number of nitrogens with zero attached hydrogens (tertiary/aromatic N) is 5. The van der Waals surface area contributed by atoms with Gasteiger partial charge in [0.15, 0.2) is 11.2 Å². The highest BCUT2D eigenvalue weighted by Gasteiger charge is 2.48. The lowest BCUT2D eigenvalue weighted by molar-refractivity contribution is 0.141. The number of aromatic hydroxyl groups is 1. The Morgan fingerprint density at radius 3 is 2.65 bits per heavy atom. The second-order valence-electron chi connectivity index (χ2n) is 9.84. The summed E-state index contributed by atoms with van der Waals surface area (Å²) in [6.07, 6.45) is 3.18. The number of benzene rings is 2. The zero-order valence-corrected chi connectivity index (χ0v) is 20.5. The fraction of sp³-hybridized carbons (Fsp3) is 0.333. The molecule has 1 aliphatic carbocycles. The lowest BCUT2D eigenvalue weighted by Crippen LogP contribution is -2.47. The minimum absolute atomic E-state index is 0.147. The molecule has 0 unspecified atom stereocenters. The Hall–Kier alpha value is -4.34. The molecule has 10 nitrogen and oxygen atoms in total. The molecule has 1 aliphatic heterocycles. The number of piperidine rings is 1. The molecule has 1 saturated heterocycles. The number of hydrogen-bond donors (Lipinski definition) is 3. The van der Waals surface area contributed by atoms with Crippen molar-refractivity contribution in [3.63, 3.8) is 0 Å². The quantitative estimate of drug-likeness (QED) is 0.378. The summed E-state index contributed by atoms with van der Waals surface area (Å²) >= 11 is 0. The zero-order chi connectivity index (χ0) is 25.6. The second-order valence-corrected chi connectivity index (χ2v) is 9.84. The Morgan fingerprint density at radius 2 is 1.92 bits per heavy atom. The third-order valence-corrected chi connectivity index (χ3v) is 7.78. The Balaban J connectivity index is 1.24. The number of rotatable bonds is 5. The van der Waals surface area contributed by atoms with Gasteiger partial charge in [-0.05, 0) is 48.1 Å². The van der Waals surface area contributed by atoms with E-state index >= 15 is 0 Å². The minimum atomic E-state index is -0.996. The first-order valence-corrected chi connectivity index (χ1v) is 12.3. The molecule has 37 heavy (non-hydrogen) atoms. The number of methoxy groups -OCH3 is 1. The van der Waals surface area contributed by atoms with Crippen molar-refractivity contribution in [1.82, 2.24) is 25.1 Å². The summed E-state index contributed by atoms with van der Waals surface area (Å²) in [4.78, 5) is 23.1. The van der Waals surface area contributed by atoms with E-state index in [9.17, 15) is 15.0 Å². The molecule has 1 spiro atoms. The van der Waals surface area contributed by atoms with Crippen molar-refractivity contribution in [1.29, 1.82) is 0 Å². The van der Waals surface area contributed by atoms with Crippen LogP contribution in [0.25, 0.3) is 11.2 Å². The van der Waals surface area contributed by atoms with Crippen molar-refractivity contribution in [3.8, 4) is 11.6 Å². The first-order chi connectivity index (χ1) is 18.0. The van der Waals surface area contributed by atoms with Crippen molar-refractivity contribution in [2.24, 2.45) is 5.41 Å². The van der Waals surface area contributed by atoms with Crippen molar-refractivity contribution >= 4 is 23.1 Å². The van der Waals surface area contributed by atoms with Gasteiger partial charge in [0, 0.05) is 18.5 Å². The predicted octanol–water partition coefficient (Wildman–Crippen LogP) is 3.74. The van der Waals surface area contributed by atoms with Crippen LogP contribution in [0.1, 0.15) is 35.6 Å². The van der Waals surface area contributed by atoms with Gasteiger partial charge in [0.2, 0.25) is 0 Å². The largest absolute Gasteiger partial charge is 0.497 e. The molecule has 0 bridgehead atoms. The van der Waals surface area contributed by atoms with Crippen molar-refractivity contribution in [3.05, 3.63) is 71.4 Å². The minimum Gasteiger partial charge on any atom is -0.497 e. The summed E-state index contributed by atoms with van der Waals surface area (Å²) in [6.45, 7) is 1.89. The standard InChI is InChI=1S/C27H28N6O4/c1-37-19-8-6-17(7-9-19)16-33-24-22(25(34)31-33)28-15-21(29-24)32-12-10-27(11-13-32)14-18-4-2-3-5-20(18)23(27)30-26(35)36/h2-9,15,23,30H,10-14,16H2,1H3,(H,31,34)(H,35,36)/t23-/m1/s1. The van der Waals surface area contributed by atoms with Gasteiger partial charge in [0.05, 0.1) is 25.9 Å². The van der Waals surface area contributed by atoms with Crippen molar-refractivity contribution in [2.45, 2.75) is 31.8 Å². The number of nitrogens with one attached hydrogen (secondary N) is 1. The summed E-state index contributed by atoms with van der Waals surface area (Å²) in [6, 6.07) is 15.6. The monoisotopic (exact) mass is 500 g/mol. The first kappa shape index (κ1) is 23.1. The molecule has 0 radical (unpaired) electrons. The normalized spacial score (nSPS) is 18.2. The van der Waals surface area contributed by atoms with E-state index in [2.05, 4.69) is 26.4 Å². The molecule has 3 heterocycles. The van der Waals surface area contributed by atoms with E-state index in [4.69, 9.17) is 9.72 Å². The number of aromatic nitrogens is 4. The molecular formula is C27H28N6O4. The molecule has 2 aromatic heterocycles. The van der Waals surface area contributed by atoms with Gasteiger partial charge in [0.25, 0.3) is 5.88 Å². The second kappa shape index (κ2) is 8.95. The molecular weight excluding hydrogens is 472 g/mol. The number of amides is 1. The number of anilines is 1. The number of carboxylic acid groups (broad SMARTS) is 1. The summed E-state index contributed by atoms with van der Waals surface area (Å²) < 4.78 is 6.89. The van der Waals surface area contributed by atoms with Crippen molar-refractivity contribution in [2.75, 3.05) is 25.1 Å². The average Bonchev–Trinajstić information content (AvgIpc) is 3.38. The highest BCUT2D eigenvalue weighted by Crippen LogP contribution is 2.52. The lowest BCUT2D eigenvalue weighted by atomic mass is 9.72. The van der Waals surface area contributed by atoms with Gasteiger partial charge < -0.3 is 25.2 Å². The van der Waals surface area contributed by atoms with E-state index in [1.165, 1.54) is 5.56 Å². The topological polar surface area (TPSA) is 126 Å². The van der Waals surface area contributed by atoms with Crippen LogP contribution in [0.2, 0.25) is 0 Å². The number of fused-ring (bicyclic) bond motifs is 2. The number of carbonyl (C=O) groups is 1. The molecule has 190 valence electrons. The van der Waals surface area contributed by atoms with E-state index in [0.717, 1.165) is 55.0 Å². The van der Waals surface area contributed by atoms with Gasteiger partial charge in [-0.2, -0.15) is 0 Å².